The van der Waals surface area contributed by atoms with Gasteiger partial charge < -0.3 is 10.2 Å². The lowest BCUT2D eigenvalue weighted by atomic mass is 9.95. The van der Waals surface area contributed by atoms with Gasteiger partial charge in [0.15, 0.2) is 0 Å². The Labute approximate surface area is 241 Å². The third-order valence-electron chi connectivity index (χ3n) is 6.32. The molecule has 1 unspecified atom stereocenters. The summed E-state index contributed by atoms with van der Waals surface area (Å²) in [5.74, 6) is -0.849. The van der Waals surface area contributed by atoms with Gasteiger partial charge in [0.25, 0.3) is 0 Å². The summed E-state index contributed by atoms with van der Waals surface area (Å²) in [5.41, 5.74) is 0.808. The van der Waals surface area contributed by atoms with Crippen LogP contribution in [0.4, 0.5) is 5.69 Å². The predicted octanol–water partition coefficient (Wildman–Crippen LogP) is 6.04. The van der Waals surface area contributed by atoms with Crippen LogP contribution in [-0.2, 0) is 26.2 Å². The van der Waals surface area contributed by atoms with Crippen LogP contribution in [0, 0.1) is 0 Å². The van der Waals surface area contributed by atoms with Crippen molar-refractivity contribution in [1.29, 1.82) is 0 Å². The number of carbonyl (C=O) groups is 2. The number of sulfonamides is 1. The quantitative estimate of drug-likeness (QED) is 0.335. The zero-order valence-corrected chi connectivity index (χ0v) is 25.2. The Kier molecular flexibility index (Phi) is 10.6. The molecule has 0 spiro atoms. The number of anilines is 1. The molecular formula is C25H29BrCl3N3O4S. The van der Waals surface area contributed by atoms with Gasteiger partial charge in [0.05, 0.1) is 27.0 Å². The zero-order valence-electron chi connectivity index (χ0n) is 20.5. The van der Waals surface area contributed by atoms with Gasteiger partial charge in [-0.15, -0.1) is 0 Å². The number of nitrogens with zero attached hydrogens (tertiary/aromatic N) is 2. The van der Waals surface area contributed by atoms with Gasteiger partial charge >= 0.3 is 0 Å². The number of halogens is 4. The first kappa shape index (κ1) is 30.0. The van der Waals surface area contributed by atoms with Crippen molar-refractivity contribution in [3.05, 3.63) is 61.5 Å². The maximum absolute atomic E-state index is 13.7. The fourth-order valence-electron chi connectivity index (χ4n) is 4.24. The lowest BCUT2D eigenvalue weighted by molar-refractivity contribution is -0.139. The van der Waals surface area contributed by atoms with Gasteiger partial charge in [-0.25, -0.2) is 8.42 Å². The van der Waals surface area contributed by atoms with Crippen LogP contribution >= 0.6 is 50.7 Å². The molecule has 1 aliphatic carbocycles. The highest BCUT2D eigenvalue weighted by Crippen LogP contribution is 2.35. The Morgan fingerprint density at radius 3 is 2.22 bits per heavy atom. The molecule has 1 saturated carbocycles. The van der Waals surface area contributed by atoms with E-state index >= 15 is 0 Å². The van der Waals surface area contributed by atoms with Crippen molar-refractivity contribution in [3.63, 3.8) is 0 Å². The number of benzene rings is 2. The molecule has 37 heavy (non-hydrogen) atoms. The van der Waals surface area contributed by atoms with E-state index in [2.05, 4.69) is 21.2 Å². The van der Waals surface area contributed by atoms with E-state index in [1.165, 1.54) is 17.0 Å². The molecule has 0 bridgehead atoms. The molecule has 1 N–H and O–H groups in total. The average molecular weight is 654 g/mol. The van der Waals surface area contributed by atoms with Gasteiger partial charge in [-0.2, -0.15) is 0 Å². The number of nitrogens with one attached hydrogen (secondary N) is 1. The van der Waals surface area contributed by atoms with Crippen molar-refractivity contribution in [2.24, 2.45) is 0 Å². The monoisotopic (exact) mass is 651 g/mol. The molecule has 1 atom stereocenters. The van der Waals surface area contributed by atoms with Crippen molar-refractivity contribution < 1.29 is 18.0 Å². The predicted molar refractivity (Wildman–Crippen MR) is 153 cm³/mol. The van der Waals surface area contributed by atoms with Crippen LogP contribution in [0.2, 0.25) is 15.1 Å². The number of hydrogen-bond acceptors (Lipinski definition) is 4. The standard InChI is InChI=1S/C25H29BrCl3N3O4S/c1-16(25(34)30-19-6-4-3-5-7-19)31(14-17-8-10-18(26)11-9-17)24(33)15-32(37(2,35)36)23-13-21(28)20(27)12-22(23)29/h8-13,16,19H,3-7,14-15H2,1-2H3,(H,30,34). The Bertz CT molecular complexity index is 1240. The van der Waals surface area contributed by atoms with Gasteiger partial charge in [-0.3, -0.25) is 13.9 Å². The van der Waals surface area contributed by atoms with E-state index in [0.717, 1.165) is 52.7 Å². The average Bonchev–Trinajstić information content (AvgIpc) is 2.84. The van der Waals surface area contributed by atoms with E-state index < -0.39 is 28.5 Å². The van der Waals surface area contributed by atoms with Gasteiger partial charge in [0, 0.05) is 17.1 Å². The second-order valence-corrected chi connectivity index (χ2v) is 13.2. The molecule has 3 rings (SSSR count). The highest BCUT2D eigenvalue weighted by Gasteiger charge is 2.32. The first-order chi connectivity index (χ1) is 17.4. The number of amides is 2. The smallest absolute Gasteiger partial charge is 0.244 e. The van der Waals surface area contributed by atoms with Crippen LogP contribution in [0.5, 0.6) is 0 Å². The summed E-state index contributed by atoms with van der Waals surface area (Å²) in [4.78, 5) is 28.2. The number of hydrogen-bond donors (Lipinski definition) is 1. The Hall–Kier alpha value is -1.52. The molecule has 12 heteroatoms. The Morgan fingerprint density at radius 2 is 1.62 bits per heavy atom. The summed E-state index contributed by atoms with van der Waals surface area (Å²) in [7, 11) is -3.95. The lowest BCUT2D eigenvalue weighted by Gasteiger charge is -2.33. The van der Waals surface area contributed by atoms with E-state index in [-0.39, 0.29) is 39.2 Å². The van der Waals surface area contributed by atoms with Crippen LogP contribution in [0.3, 0.4) is 0 Å². The SMILES string of the molecule is CC(C(=O)NC1CCCCC1)N(Cc1ccc(Br)cc1)C(=O)CN(c1cc(Cl)c(Cl)cc1Cl)S(C)(=O)=O. The summed E-state index contributed by atoms with van der Waals surface area (Å²) in [6.45, 7) is 1.18. The summed E-state index contributed by atoms with van der Waals surface area (Å²) in [6, 6.07) is 9.19. The highest BCUT2D eigenvalue weighted by atomic mass is 79.9. The highest BCUT2D eigenvalue weighted by molar-refractivity contribution is 9.10. The van der Waals surface area contributed by atoms with Crippen molar-refractivity contribution in [1.82, 2.24) is 10.2 Å². The third kappa shape index (κ3) is 8.23. The molecule has 2 aromatic carbocycles. The number of rotatable bonds is 9. The van der Waals surface area contributed by atoms with Gasteiger partial charge in [0.2, 0.25) is 21.8 Å². The van der Waals surface area contributed by atoms with E-state index in [1.54, 1.807) is 6.92 Å². The minimum absolute atomic E-state index is 0.0230. The molecule has 2 aromatic rings. The molecule has 1 fully saturated rings. The van der Waals surface area contributed by atoms with Crippen LogP contribution in [-0.4, -0.2) is 50.0 Å². The molecular weight excluding hydrogens is 625 g/mol. The lowest BCUT2D eigenvalue weighted by Crippen LogP contribution is -2.53. The Balaban J connectivity index is 1.91. The number of carbonyl (C=O) groups excluding carboxylic acids is 2. The fourth-order valence-corrected chi connectivity index (χ4v) is 6.05. The maximum atomic E-state index is 13.7. The second-order valence-electron chi connectivity index (χ2n) is 9.15. The van der Waals surface area contributed by atoms with E-state index in [1.807, 2.05) is 24.3 Å². The summed E-state index contributed by atoms with van der Waals surface area (Å²) < 4.78 is 27.2. The molecule has 0 radical (unpaired) electrons. The van der Waals surface area contributed by atoms with Gasteiger partial charge in [-0.1, -0.05) is 82.1 Å². The molecule has 0 aliphatic heterocycles. The second kappa shape index (κ2) is 13.0. The van der Waals surface area contributed by atoms with E-state index in [0.29, 0.717) is 0 Å². The van der Waals surface area contributed by atoms with Crippen molar-refractivity contribution in [2.75, 3.05) is 17.1 Å². The van der Waals surface area contributed by atoms with E-state index in [4.69, 9.17) is 34.8 Å². The molecule has 0 saturated heterocycles. The van der Waals surface area contributed by atoms with Crippen LogP contribution in [0.25, 0.3) is 0 Å². The summed E-state index contributed by atoms with van der Waals surface area (Å²) in [6.07, 6.45) is 6.02. The largest absolute Gasteiger partial charge is 0.352 e. The molecule has 2 amide bonds. The first-order valence-electron chi connectivity index (χ1n) is 11.8. The van der Waals surface area contributed by atoms with Gasteiger partial charge in [0.1, 0.15) is 12.6 Å². The first-order valence-corrected chi connectivity index (χ1v) is 15.6. The molecule has 1 aliphatic rings. The minimum atomic E-state index is -3.95. The fraction of sp³-hybridized carbons (Fsp3) is 0.440. The van der Waals surface area contributed by atoms with Crippen molar-refractivity contribution in [3.8, 4) is 0 Å². The summed E-state index contributed by atoms with van der Waals surface area (Å²) >= 11 is 21.8. The topological polar surface area (TPSA) is 86.8 Å². The molecule has 7 nitrogen and oxygen atoms in total. The van der Waals surface area contributed by atoms with Crippen molar-refractivity contribution in [2.45, 2.75) is 57.7 Å². The molecule has 202 valence electrons. The Morgan fingerprint density at radius 1 is 1.03 bits per heavy atom. The molecule has 0 heterocycles. The zero-order chi connectivity index (χ0) is 27.3. The van der Waals surface area contributed by atoms with E-state index in [9.17, 15) is 18.0 Å². The normalized spacial score (nSPS) is 15.2. The maximum Gasteiger partial charge on any atom is 0.244 e. The van der Waals surface area contributed by atoms with Crippen LogP contribution in [0.1, 0.15) is 44.6 Å². The van der Waals surface area contributed by atoms with Crippen LogP contribution < -0.4 is 9.62 Å². The minimum Gasteiger partial charge on any atom is -0.352 e. The van der Waals surface area contributed by atoms with Crippen molar-refractivity contribution >= 4 is 78.3 Å². The van der Waals surface area contributed by atoms with Crippen LogP contribution in [0.15, 0.2) is 40.9 Å². The molecule has 0 aromatic heterocycles. The summed E-state index contributed by atoms with van der Waals surface area (Å²) in [5, 5.41) is 3.33. The third-order valence-corrected chi connectivity index (χ3v) is 9.00. The van der Waals surface area contributed by atoms with Gasteiger partial charge in [-0.05, 0) is 49.6 Å².